The summed E-state index contributed by atoms with van der Waals surface area (Å²) in [4.78, 5) is 31.1. The lowest BCUT2D eigenvalue weighted by Gasteiger charge is -2.21. The first kappa shape index (κ1) is 23.2. The second-order valence-electron chi connectivity index (χ2n) is 8.25. The van der Waals surface area contributed by atoms with Gasteiger partial charge in [-0.25, -0.2) is 9.18 Å². The van der Waals surface area contributed by atoms with E-state index in [0.717, 1.165) is 48.3 Å². The molecule has 0 spiro atoms. The van der Waals surface area contributed by atoms with Gasteiger partial charge in [-0.05, 0) is 61.2 Å². The minimum Gasteiger partial charge on any atom is -0.445 e. The highest BCUT2D eigenvalue weighted by Gasteiger charge is 2.20. The number of pyridine rings is 1. The number of ether oxygens (including phenoxy) is 1. The van der Waals surface area contributed by atoms with Crippen molar-refractivity contribution in [3.8, 4) is 0 Å². The maximum atomic E-state index is 13.9. The zero-order chi connectivity index (χ0) is 23.9. The van der Waals surface area contributed by atoms with Crippen molar-refractivity contribution < 1.29 is 18.7 Å². The van der Waals surface area contributed by atoms with Crippen molar-refractivity contribution in [3.05, 3.63) is 89.0 Å². The maximum Gasteiger partial charge on any atom is 0.407 e. The smallest absolute Gasteiger partial charge is 0.407 e. The van der Waals surface area contributed by atoms with Crippen molar-refractivity contribution in [2.24, 2.45) is 0 Å². The standard InChI is InChI=1S/C26H27FN4O3/c1-18-13-19(16-29-26(33)34-17-20-5-4-10-28-15-20)6-8-23(18)30-25(32)22-14-21(27)7-9-24(22)31-11-2-3-12-31/h4-10,13-15H,2-3,11-12,16-17H2,1H3,(H,29,33)(H,30,32). The zero-order valence-electron chi connectivity index (χ0n) is 19.0. The van der Waals surface area contributed by atoms with E-state index in [4.69, 9.17) is 4.74 Å². The summed E-state index contributed by atoms with van der Waals surface area (Å²) in [5.41, 5.74) is 4.19. The van der Waals surface area contributed by atoms with Crippen LogP contribution in [-0.4, -0.2) is 30.1 Å². The molecule has 7 nitrogen and oxygen atoms in total. The van der Waals surface area contributed by atoms with Crippen LogP contribution >= 0.6 is 0 Å². The van der Waals surface area contributed by atoms with Crippen molar-refractivity contribution in [2.45, 2.75) is 32.9 Å². The highest BCUT2D eigenvalue weighted by atomic mass is 19.1. The number of amides is 2. The number of aryl methyl sites for hydroxylation is 1. The third kappa shape index (κ3) is 5.89. The first-order valence-electron chi connectivity index (χ1n) is 11.2. The van der Waals surface area contributed by atoms with Crippen LogP contribution in [-0.2, 0) is 17.9 Å². The van der Waals surface area contributed by atoms with Crippen molar-refractivity contribution in [1.82, 2.24) is 10.3 Å². The second kappa shape index (κ2) is 10.8. The molecule has 1 aromatic heterocycles. The molecule has 2 heterocycles. The monoisotopic (exact) mass is 462 g/mol. The lowest BCUT2D eigenvalue weighted by Crippen LogP contribution is -2.24. The fraction of sp³-hybridized carbons (Fsp3) is 0.269. The Hall–Kier alpha value is -3.94. The Morgan fingerprint density at radius 1 is 1.09 bits per heavy atom. The fourth-order valence-electron chi connectivity index (χ4n) is 3.95. The number of anilines is 2. The predicted octanol–water partition coefficient (Wildman–Crippen LogP) is 4.81. The number of halogens is 1. The minimum absolute atomic E-state index is 0.142. The molecule has 34 heavy (non-hydrogen) atoms. The molecule has 2 amide bonds. The average Bonchev–Trinajstić information content (AvgIpc) is 3.38. The van der Waals surface area contributed by atoms with Crippen LogP contribution in [0.5, 0.6) is 0 Å². The first-order valence-corrected chi connectivity index (χ1v) is 11.2. The summed E-state index contributed by atoms with van der Waals surface area (Å²) in [6.07, 6.45) is 4.89. The van der Waals surface area contributed by atoms with Gasteiger partial charge in [0.05, 0.1) is 5.56 Å². The SMILES string of the molecule is Cc1cc(CNC(=O)OCc2cccnc2)ccc1NC(=O)c1cc(F)ccc1N1CCCC1. The van der Waals surface area contributed by atoms with E-state index in [1.807, 2.05) is 25.1 Å². The molecule has 0 saturated carbocycles. The van der Waals surface area contributed by atoms with Crippen LogP contribution in [0.3, 0.4) is 0 Å². The van der Waals surface area contributed by atoms with Gasteiger partial charge in [-0.3, -0.25) is 9.78 Å². The summed E-state index contributed by atoms with van der Waals surface area (Å²) < 4.78 is 19.1. The maximum absolute atomic E-state index is 13.9. The fourth-order valence-corrected chi connectivity index (χ4v) is 3.95. The number of alkyl carbamates (subject to hydrolysis) is 1. The normalized spacial score (nSPS) is 12.9. The van der Waals surface area contributed by atoms with Gasteiger partial charge in [-0.15, -0.1) is 0 Å². The molecule has 8 heteroatoms. The van der Waals surface area contributed by atoms with E-state index in [1.54, 1.807) is 30.6 Å². The molecular formula is C26H27FN4O3. The molecule has 2 aromatic carbocycles. The van der Waals surface area contributed by atoms with Crippen LogP contribution in [0.2, 0.25) is 0 Å². The van der Waals surface area contributed by atoms with E-state index in [2.05, 4.69) is 20.5 Å². The van der Waals surface area contributed by atoms with Crippen molar-refractivity contribution in [3.63, 3.8) is 0 Å². The number of carbonyl (C=O) groups is 2. The van der Waals surface area contributed by atoms with E-state index in [1.165, 1.54) is 12.1 Å². The van der Waals surface area contributed by atoms with Crippen molar-refractivity contribution in [1.29, 1.82) is 0 Å². The number of hydrogen-bond donors (Lipinski definition) is 2. The van der Waals surface area contributed by atoms with Crippen LogP contribution < -0.4 is 15.5 Å². The number of benzene rings is 2. The first-order chi connectivity index (χ1) is 16.5. The summed E-state index contributed by atoms with van der Waals surface area (Å²) in [7, 11) is 0. The molecular weight excluding hydrogens is 435 g/mol. The quantitative estimate of drug-likeness (QED) is 0.527. The molecule has 3 aromatic rings. The van der Waals surface area contributed by atoms with Crippen LogP contribution in [0.25, 0.3) is 0 Å². The number of aromatic nitrogens is 1. The van der Waals surface area contributed by atoms with Crippen LogP contribution in [0.4, 0.5) is 20.6 Å². The number of carbonyl (C=O) groups excluding carboxylic acids is 2. The van der Waals surface area contributed by atoms with Gasteiger partial charge in [-0.1, -0.05) is 18.2 Å². The van der Waals surface area contributed by atoms with Gasteiger partial charge in [0.2, 0.25) is 0 Å². The Labute approximate surface area is 198 Å². The van der Waals surface area contributed by atoms with E-state index in [9.17, 15) is 14.0 Å². The zero-order valence-corrected chi connectivity index (χ0v) is 19.0. The van der Waals surface area contributed by atoms with E-state index in [0.29, 0.717) is 11.3 Å². The van der Waals surface area contributed by atoms with Gasteiger partial charge in [-0.2, -0.15) is 0 Å². The molecule has 0 bridgehead atoms. The third-order valence-electron chi connectivity index (χ3n) is 5.72. The molecule has 0 aliphatic carbocycles. The van der Waals surface area contributed by atoms with Crippen molar-refractivity contribution in [2.75, 3.05) is 23.3 Å². The molecule has 1 aliphatic heterocycles. The lowest BCUT2D eigenvalue weighted by atomic mass is 10.1. The third-order valence-corrected chi connectivity index (χ3v) is 5.72. The number of nitrogens with zero attached hydrogens (tertiary/aromatic N) is 2. The van der Waals surface area contributed by atoms with Crippen molar-refractivity contribution >= 4 is 23.4 Å². The summed E-state index contributed by atoms with van der Waals surface area (Å²) in [6, 6.07) is 13.4. The molecule has 176 valence electrons. The highest BCUT2D eigenvalue weighted by molar-refractivity contribution is 6.08. The van der Waals surface area contributed by atoms with Gasteiger partial charge in [0, 0.05) is 49.0 Å². The van der Waals surface area contributed by atoms with Gasteiger partial charge in [0.25, 0.3) is 5.91 Å². The van der Waals surface area contributed by atoms with Crippen LogP contribution in [0, 0.1) is 12.7 Å². The molecule has 1 aliphatic rings. The summed E-state index contributed by atoms with van der Waals surface area (Å²) >= 11 is 0. The summed E-state index contributed by atoms with van der Waals surface area (Å²) in [6.45, 7) is 4.01. The van der Waals surface area contributed by atoms with E-state index in [-0.39, 0.29) is 19.1 Å². The van der Waals surface area contributed by atoms with Gasteiger partial charge in [0.1, 0.15) is 12.4 Å². The largest absolute Gasteiger partial charge is 0.445 e. The lowest BCUT2D eigenvalue weighted by molar-refractivity contribution is 0.102. The Kier molecular flexibility index (Phi) is 7.37. The van der Waals surface area contributed by atoms with E-state index < -0.39 is 11.9 Å². The van der Waals surface area contributed by atoms with Gasteiger partial charge in [0.15, 0.2) is 0 Å². The Bertz CT molecular complexity index is 1160. The molecule has 4 rings (SSSR count). The molecule has 2 N–H and O–H groups in total. The Morgan fingerprint density at radius 2 is 1.91 bits per heavy atom. The molecule has 0 unspecified atom stereocenters. The highest BCUT2D eigenvalue weighted by Crippen LogP contribution is 2.27. The van der Waals surface area contributed by atoms with Gasteiger partial charge >= 0.3 is 6.09 Å². The van der Waals surface area contributed by atoms with E-state index >= 15 is 0 Å². The number of hydrogen-bond acceptors (Lipinski definition) is 5. The Balaban J connectivity index is 1.36. The summed E-state index contributed by atoms with van der Waals surface area (Å²) in [5.74, 6) is -0.795. The van der Waals surface area contributed by atoms with Crippen LogP contribution in [0.15, 0.2) is 60.9 Å². The number of rotatable bonds is 7. The predicted molar refractivity (Wildman–Crippen MR) is 128 cm³/mol. The topological polar surface area (TPSA) is 83.6 Å². The molecule has 0 atom stereocenters. The molecule has 1 fully saturated rings. The number of nitrogens with one attached hydrogen (secondary N) is 2. The average molecular weight is 463 g/mol. The second-order valence-corrected chi connectivity index (χ2v) is 8.25. The summed E-state index contributed by atoms with van der Waals surface area (Å²) in [5, 5.41) is 5.61. The Morgan fingerprint density at radius 3 is 2.65 bits per heavy atom. The molecule has 1 saturated heterocycles. The molecule has 0 radical (unpaired) electrons. The van der Waals surface area contributed by atoms with Gasteiger partial charge < -0.3 is 20.3 Å². The van der Waals surface area contributed by atoms with Crippen LogP contribution in [0.1, 0.15) is 39.9 Å². The minimum atomic E-state index is -0.528.